The van der Waals surface area contributed by atoms with Crippen molar-refractivity contribution < 1.29 is 14.3 Å². The van der Waals surface area contributed by atoms with Crippen molar-refractivity contribution in [1.29, 1.82) is 0 Å². The van der Waals surface area contributed by atoms with E-state index in [0.29, 0.717) is 13.2 Å². The van der Waals surface area contributed by atoms with Crippen LogP contribution in [0.4, 0.5) is 4.79 Å². The van der Waals surface area contributed by atoms with Crippen LogP contribution in [0.25, 0.3) is 0 Å². The van der Waals surface area contributed by atoms with Gasteiger partial charge in [0.25, 0.3) is 0 Å². The third-order valence-corrected chi connectivity index (χ3v) is 2.75. The number of rotatable bonds is 6. The Hall–Kier alpha value is -2.82. The summed E-state index contributed by atoms with van der Waals surface area (Å²) in [5.74, 6) is 0.740. The van der Waals surface area contributed by atoms with Crippen LogP contribution in [0.3, 0.4) is 0 Å². The number of hydrogen-bond acceptors (Lipinski definition) is 4. The lowest BCUT2D eigenvalue weighted by Crippen LogP contribution is -2.18. The number of carbonyl (C=O) groups is 1. The number of hydrazone groups is 1. The van der Waals surface area contributed by atoms with Gasteiger partial charge in [-0.3, -0.25) is 0 Å². The van der Waals surface area contributed by atoms with Gasteiger partial charge in [-0.2, -0.15) is 5.10 Å². The smallest absolute Gasteiger partial charge is 0.427 e. The maximum absolute atomic E-state index is 11.1. The predicted octanol–water partition coefficient (Wildman–Crippen LogP) is 3.35. The molecule has 0 saturated carbocycles. The van der Waals surface area contributed by atoms with Crippen LogP contribution in [0.2, 0.25) is 0 Å². The summed E-state index contributed by atoms with van der Waals surface area (Å²) in [6, 6.07) is 17.4. The van der Waals surface area contributed by atoms with Crippen molar-refractivity contribution >= 4 is 12.3 Å². The molecule has 0 spiro atoms. The summed E-state index contributed by atoms with van der Waals surface area (Å²) in [6.07, 6.45) is 0.960. The first-order valence-corrected chi connectivity index (χ1v) is 7.00. The SMILES string of the molecule is CCOC(=O)NN=Cc1cccc(OCc2ccccc2)c1. The first-order chi connectivity index (χ1) is 10.8. The summed E-state index contributed by atoms with van der Waals surface area (Å²) < 4.78 is 10.4. The molecule has 2 aromatic carbocycles. The van der Waals surface area contributed by atoms with Crippen molar-refractivity contribution in [2.24, 2.45) is 5.10 Å². The molecule has 2 rings (SSSR count). The van der Waals surface area contributed by atoms with Gasteiger partial charge in [0, 0.05) is 0 Å². The summed E-state index contributed by atoms with van der Waals surface area (Å²) in [7, 11) is 0. The Labute approximate surface area is 129 Å². The molecule has 0 heterocycles. The molecule has 5 nitrogen and oxygen atoms in total. The molecule has 0 aromatic heterocycles. The summed E-state index contributed by atoms with van der Waals surface area (Å²) >= 11 is 0. The van der Waals surface area contributed by atoms with Gasteiger partial charge in [0.05, 0.1) is 12.8 Å². The lowest BCUT2D eigenvalue weighted by molar-refractivity contribution is 0.152. The van der Waals surface area contributed by atoms with E-state index < -0.39 is 6.09 Å². The van der Waals surface area contributed by atoms with Gasteiger partial charge in [-0.05, 0) is 30.2 Å². The number of nitrogens with one attached hydrogen (secondary N) is 1. The molecule has 0 fully saturated rings. The van der Waals surface area contributed by atoms with Crippen LogP contribution < -0.4 is 10.2 Å². The van der Waals surface area contributed by atoms with E-state index in [2.05, 4.69) is 10.5 Å². The van der Waals surface area contributed by atoms with Crippen molar-refractivity contribution in [3.63, 3.8) is 0 Å². The van der Waals surface area contributed by atoms with Gasteiger partial charge in [0.2, 0.25) is 0 Å². The van der Waals surface area contributed by atoms with E-state index in [0.717, 1.165) is 16.9 Å². The molecule has 0 aliphatic heterocycles. The molecule has 114 valence electrons. The zero-order valence-corrected chi connectivity index (χ0v) is 12.4. The van der Waals surface area contributed by atoms with E-state index in [1.165, 1.54) is 6.21 Å². The Morgan fingerprint density at radius 2 is 2.00 bits per heavy atom. The third-order valence-electron chi connectivity index (χ3n) is 2.75. The van der Waals surface area contributed by atoms with Gasteiger partial charge in [-0.25, -0.2) is 10.2 Å². The fraction of sp³-hybridized carbons (Fsp3) is 0.176. The Bertz CT molecular complexity index is 627. The highest BCUT2D eigenvalue weighted by Crippen LogP contribution is 2.14. The minimum Gasteiger partial charge on any atom is -0.489 e. The monoisotopic (exact) mass is 298 g/mol. The van der Waals surface area contributed by atoms with E-state index >= 15 is 0 Å². The Morgan fingerprint density at radius 1 is 1.18 bits per heavy atom. The van der Waals surface area contributed by atoms with E-state index in [4.69, 9.17) is 9.47 Å². The average Bonchev–Trinajstić information content (AvgIpc) is 2.55. The Kier molecular flexibility index (Phi) is 5.99. The van der Waals surface area contributed by atoms with Gasteiger partial charge in [-0.1, -0.05) is 42.5 Å². The van der Waals surface area contributed by atoms with Crippen molar-refractivity contribution in [2.45, 2.75) is 13.5 Å². The Morgan fingerprint density at radius 3 is 2.77 bits per heavy atom. The number of nitrogens with zero attached hydrogens (tertiary/aromatic N) is 1. The number of amides is 1. The van der Waals surface area contributed by atoms with Crippen LogP contribution in [-0.2, 0) is 11.3 Å². The van der Waals surface area contributed by atoms with Gasteiger partial charge < -0.3 is 9.47 Å². The molecule has 1 amide bonds. The highest BCUT2D eigenvalue weighted by molar-refractivity contribution is 5.81. The predicted molar refractivity (Wildman–Crippen MR) is 85.0 cm³/mol. The number of benzene rings is 2. The normalized spacial score (nSPS) is 10.4. The largest absolute Gasteiger partial charge is 0.489 e. The Balaban J connectivity index is 1.89. The molecular weight excluding hydrogens is 280 g/mol. The quantitative estimate of drug-likeness (QED) is 0.657. The lowest BCUT2D eigenvalue weighted by Gasteiger charge is -2.06. The first kappa shape index (κ1) is 15.6. The topological polar surface area (TPSA) is 59.9 Å². The summed E-state index contributed by atoms with van der Waals surface area (Å²) in [5, 5.41) is 3.81. The molecule has 0 aliphatic carbocycles. The standard InChI is InChI=1S/C17H18N2O3/c1-2-21-17(20)19-18-12-15-9-6-10-16(11-15)22-13-14-7-4-3-5-8-14/h3-12H,2,13H2,1H3,(H,19,20). The highest BCUT2D eigenvalue weighted by atomic mass is 16.5. The van der Waals surface area contributed by atoms with Crippen molar-refractivity contribution in [3.05, 3.63) is 65.7 Å². The lowest BCUT2D eigenvalue weighted by atomic mass is 10.2. The van der Waals surface area contributed by atoms with Crippen LogP contribution >= 0.6 is 0 Å². The molecule has 0 atom stereocenters. The molecule has 0 saturated heterocycles. The number of carbonyl (C=O) groups excluding carboxylic acids is 1. The summed E-state index contributed by atoms with van der Waals surface area (Å²) in [5.41, 5.74) is 4.20. The van der Waals surface area contributed by atoms with E-state index in [1.54, 1.807) is 6.92 Å². The highest BCUT2D eigenvalue weighted by Gasteiger charge is 1.98. The second kappa shape index (κ2) is 8.46. The van der Waals surface area contributed by atoms with Crippen LogP contribution in [-0.4, -0.2) is 18.9 Å². The zero-order valence-electron chi connectivity index (χ0n) is 12.4. The van der Waals surface area contributed by atoms with Gasteiger partial charge in [-0.15, -0.1) is 0 Å². The minimum absolute atomic E-state index is 0.310. The van der Waals surface area contributed by atoms with E-state index in [9.17, 15) is 4.79 Å². The molecular formula is C17H18N2O3. The van der Waals surface area contributed by atoms with Gasteiger partial charge in [0.1, 0.15) is 12.4 Å². The van der Waals surface area contributed by atoms with Crippen LogP contribution in [0, 0.1) is 0 Å². The number of hydrogen-bond donors (Lipinski definition) is 1. The van der Waals surface area contributed by atoms with Crippen LogP contribution in [0.1, 0.15) is 18.1 Å². The fourth-order valence-corrected chi connectivity index (χ4v) is 1.75. The molecule has 1 N–H and O–H groups in total. The summed E-state index contributed by atoms with van der Waals surface area (Å²) in [4.78, 5) is 11.1. The van der Waals surface area contributed by atoms with E-state index in [-0.39, 0.29) is 0 Å². The molecule has 0 bridgehead atoms. The molecule has 0 aliphatic rings. The van der Waals surface area contributed by atoms with Crippen molar-refractivity contribution in [3.8, 4) is 5.75 Å². The van der Waals surface area contributed by atoms with Crippen LogP contribution in [0.5, 0.6) is 5.75 Å². The maximum atomic E-state index is 11.1. The average molecular weight is 298 g/mol. The zero-order chi connectivity index (χ0) is 15.6. The number of ether oxygens (including phenoxy) is 2. The van der Waals surface area contributed by atoms with Gasteiger partial charge in [0.15, 0.2) is 0 Å². The van der Waals surface area contributed by atoms with Crippen LogP contribution in [0.15, 0.2) is 59.7 Å². The molecule has 0 radical (unpaired) electrons. The third kappa shape index (κ3) is 5.28. The van der Waals surface area contributed by atoms with E-state index in [1.807, 2.05) is 54.6 Å². The van der Waals surface area contributed by atoms with Crippen molar-refractivity contribution in [2.75, 3.05) is 6.61 Å². The van der Waals surface area contributed by atoms with Crippen molar-refractivity contribution in [1.82, 2.24) is 5.43 Å². The second-order valence-electron chi connectivity index (χ2n) is 4.44. The fourth-order valence-electron chi connectivity index (χ4n) is 1.75. The first-order valence-electron chi connectivity index (χ1n) is 7.00. The molecule has 22 heavy (non-hydrogen) atoms. The molecule has 5 heteroatoms. The maximum Gasteiger partial charge on any atom is 0.427 e. The minimum atomic E-state index is -0.574. The molecule has 0 unspecified atom stereocenters. The molecule has 2 aromatic rings. The summed E-state index contributed by atoms with van der Waals surface area (Å²) in [6.45, 7) is 2.55. The van der Waals surface area contributed by atoms with Gasteiger partial charge >= 0.3 is 6.09 Å². The second-order valence-corrected chi connectivity index (χ2v) is 4.44.